The van der Waals surface area contributed by atoms with E-state index < -0.39 is 0 Å². The zero-order chi connectivity index (χ0) is 12.4. The third-order valence-corrected chi connectivity index (χ3v) is 4.39. The minimum absolute atomic E-state index is 0.0431. The van der Waals surface area contributed by atoms with Crippen LogP contribution in [0, 0.1) is 19.8 Å². The van der Waals surface area contributed by atoms with E-state index in [-0.39, 0.29) is 24.5 Å². The largest absolute Gasteiger partial charge is 0.396 e. The van der Waals surface area contributed by atoms with Gasteiger partial charge in [-0.2, -0.15) is 0 Å². The van der Waals surface area contributed by atoms with Crippen LogP contribution in [0.5, 0.6) is 0 Å². The van der Waals surface area contributed by atoms with Crippen molar-refractivity contribution < 1.29 is 9.90 Å². The van der Waals surface area contributed by atoms with Gasteiger partial charge in [0.1, 0.15) is 4.88 Å². The maximum atomic E-state index is 12.1. The zero-order valence-corrected chi connectivity index (χ0v) is 11.0. The lowest BCUT2D eigenvalue weighted by molar-refractivity contribution is 0.0919. The number of nitrogens with one attached hydrogen (secondary N) is 1. The van der Waals surface area contributed by atoms with Crippen molar-refractivity contribution in [2.24, 2.45) is 5.92 Å². The van der Waals surface area contributed by atoms with Crippen molar-refractivity contribution in [3.8, 4) is 0 Å². The Morgan fingerprint density at radius 1 is 1.53 bits per heavy atom. The fourth-order valence-electron chi connectivity index (χ4n) is 2.42. The van der Waals surface area contributed by atoms with Crippen LogP contribution in [-0.4, -0.2) is 28.6 Å². The predicted molar refractivity (Wildman–Crippen MR) is 67.3 cm³/mol. The fourth-order valence-corrected chi connectivity index (χ4v) is 3.24. The van der Waals surface area contributed by atoms with E-state index >= 15 is 0 Å². The molecule has 0 aromatic carbocycles. The molecule has 5 heteroatoms. The molecule has 94 valence electrons. The molecule has 2 N–H and O–H groups in total. The average molecular weight is 254 g/mol. The monoisotopic (exact) mass is 254 g/mol. The third-order valence-electron chi connectivity index (χ3n) is 3.32. The van der Waals surface area contributed by atoms with Crippen LogP contribution in [0.4, 0.5) is 0 Å². The summed E-state index contributed by atoms with van der Waals surface area (Å²) in [7, 11) is 0. The first-order chi connectivity index (χ1) is 8.11. The molecule has 2 rings (SSSR count). The van der Waals surface area contributed by atoms with E-state index in [2.05, 4.69) is 10.3 Å². The van der Waals surface area contributed by atoms with Gasteiger partial charge in [0.15, 0.2) is 0 Å². The van der Waals surface area contributed by atoms with Gasteiger partial charge in [-0.05, 0) is 26.7 Å². The van der Waals surface area contributed by atoms with Gasteiger partial charge in [0, 0.05) is 18.6 Å². The molecule has 1 amide bonds. The Labute approximate surface area is 105 Å². The topological polar surface area (TPSA) is 62.2 Å². The highest BCUT2D eigenvalue weighted by molar-refractivity contribution is 7.13. The molecule has 1 aliphatic carbocycles. The van der Waals surface area contributed by atoms with E-state index in [4.69, 9.17) is 0 Å². The molecule has 1 aromatic rings. The van der Waals surface area contributed by atoms with Crippen molar-refractivity contribution in [2.75, 3.05) is 6.61 Å². The van der Waals surface area contributed by atoms with Crippen LogP contribution in [0.1, 0.15) is 39.6 Å². The van der Waals surface area contributed by atoms with Gasteiger partial charge in [0.25, 0.3) is 5.91 Å². The summed E-state index contributed by atoms with van der Waals surface area (Å²) >= 11 is 1.43. The number of carbonyl (C=O) groups is 1. The van der Waals surface area contributed by atoms with Crippen molar-refractivity contribution in [3.63, 3.8) is 0 Å². The number of aliphatic hydroxyl groups excluding tert-OH is 1. The minimum atomic E-state index is -0.0431. The lowest BCUT2D eigenvalue weighted by atomic mass is 10.1. The van der Waals surface area contributed by atoms with E-state index in [1.54, 1.807) is 0 Å². The van der Waals surface area contributed by atoms with Gasteiger partial charge in [-0.3, -0.25) is 4.79 Å². The maximum Gasteiger partial charge on any atom is 0.263 e. The van der Waals surface area contributed by atoms with E-state index in [9.17, 15) is 9.90 Å². The molecule has 0 radical (unpaired) electrons. The number of thiazole rings is 1. The average Bonchev–Trinajstić information content (AvgIpc) is 2.84. The Morgan fingerprint density at radius 3 is 2.88 bits per heavy atom. The van der Waals surface area contributed by atoms with Gasteiger partial charge in [0.05, 0.1) is 10.7 Å². The first-order valence-corrected chi connectivity index (χ1v) is 6.79. The second kappa shape index (κ2) is 5.14. The number of aryl methyl sites for hydroxylation is 2. The van der Waals surface area contributed by atoms with Crippen molar-refractivity contribution in [1.82, 2.24) is 10.3 Å². The van der Waals surface area contributed by atoms with Gasteiger partial charge in [0.2, 0.25) is 0 Å². The highest BCUT2D eigenvalue weighted by Gasteiger charge is 2.28. The number of hydrogen-bond acceptors (Lipinski definition) is 4. The molecule has 0 saturated heterocycles. The normalized spacial score (nSPS) is 23.9. The van der Waals surface area contributed by atoms with Crippen LogP contribution in [-0.2, 0) is 0 Å². The minimum Gasteiger partial charge on any atom is -0.396 e. The fraction of sp³-hybridized carbons (Fsp3) is 0.667. The van der Waals surface area contributed by atoms with Gasteiger partial charge in [-0.1, -0.05) is 6.42 Å². The molecule has 1 saturated carbocycles. The molecule has 1 heterocycles. The molecular formula is C12H18N2O2S. The Bertz CT molecular complexity index is 417. The Hall–Kier alpha value is -0.940. The molecule has 0 aliphatic heterocycles. The second-order valence-corrected chi connectivity index (χ2v) is 5.80. The number of aromatic nitrogens is 1. The van der Waals surface area contributed by atoms with Crippen LogP contribution < -0.4 is 5.32 Å². The molecule has 2 atom stereocenters. The van der Waals surface area contributed by atoms with E-state index in [1.807, 2.05) is 13.8 Å². The molecule has 2 unspecified atom stereocenters. The maximum absolute atomic E-state index is 12.1. The highest BCUT2D eigenvalue weighted by atomic mass is 32.1. The van der Waals surface area contributed by atoms with Crippen LogP contribution in [0.3, 0.4) is 0 Å². The van der Waals surface area contributed by atoms with Gasteiger partial charge >= 0.3 is 0 Å². The SMILES string of the molecule is Cc1nc(C)c(C(=O)NC2CCCC2CO)s1. The number of hydrogen-bond donors (Lipinski definition) is 2. The zero-order valence-electron chi connectivity index (χ0n) is 10.2. The summed E-state index contributed by atoms with van der Waals surface area (Å²) in [5.74, 6) is 0.173. The summed E-state index contributed by atoms with van der Waals surface area (Å²) in [5.41, 5.74) is 0.795. The van der Waals surface area contributed by atoms with Gasteiger partial charge < -0.3 is 10.4 Å². The third kappa shape index (κ3) is 2.66. The summed E-state index contributed by atoms with van der Waals surface area (Å²) in [6.07, 6.45) is 3.05. The second-order valence-electron chi connectivity index (χ2n) is 4.60. The summed E-state index contributed by atoms with van der Waals surface area (Å²) in [4.78, 5) is 17.0. The standard InChI is InChI=1S/C12H18N2O2S/c1-7-11(17-8(2)13-7)12(16)14-10-5-3-4-9(10)6-15/h9-10,15H,3-6H2,1-2H3,(H,14,16). The van der Waals surface area contributed by atoms with Gasteiger partial charge in [-0.25, -0.2) is 4.98 Å². The van der Waals surface area contributed by atoms with E-state index in [1.165, 1.54) is 11.3 Å². The van der Waals surface area contributed by atoms with Crippen molar-refractivity contribution in [3.05, 3.63) is 15.6 Å². The molecule has 1 fully saturated rings. The molecule has 17 heavy (non-hydrogen) atoms. The predicted octanol–water partition coefficient (Wildman–Crippen LogP) is 1.65. The first kappa shape index (κ1) is 12.5. The number of carbonyl (C=O) groups excluding carboxylic acids is 1. The summed E-state index contributed by atoms with van der Waals surface area (Å²) in [6, 6.07) is 0.120. The lowest BCUT2D eigenvalue weighted by Gasteiger charge is -2.18. The smallest absolute Gasteiger partial charge is 0.263 e. The van der Waals surface area contributed by atoms with Crippen LogP contribution in [0.15, 0.2) is 0 Å². The van der Waals surface area contributed by atoms with Gasteiger partial charge in [-0.15, -0.1) is 11.3 Å². The lowest BCUT2D eigenvalue weighted by Crippen LogP contribution is -2.38. The molecule has 0 bridgehead atoms. The van der Waals surface area contributed by atoms with Crippen molar-refractivity contribution >= 4 is 17.2 Å². The number of aliphatic hydroxyl groups is 1. The van der Waals surface area contributed by atoms with Crippen molar-refractivity contribution in [1.29, 1.82) is 0 Å². The molecule has 1 aliphatic rings. The Balaban J connectivity index is 2.04. The van der Waals surface area contributed by atoms with E-state index in [0.29, 0.717) is 4.88 Å². The van der Waals surface area contributed by atoms with Crippen molar-refractivity contribution in [2.45, 2.75) is 39.2 Å². The number of rotatable bonds is 3. The number of amides is 1. The molecule has 1 aromatic heterocycles. The van der Waals surface area contributed by atoms with Crippen LogP contribution in [0.25, 0.3) is 0 Å². The molecule has 4 nitrogen and oxygen atoms in total. The Morgan fingerprint density at radius 2 is 2.29 bits per heavy atom. The Kier molecular flexibility index (Phi) is 3.79. The quantitative estimate of drug-likeness (QED) is 0.862. The summed E-state index contributed by atoms with van der Waals surface area (Å²) in [5, 5.41) is 13.2. The van der Waals surface area contributed by atoms with E-state index in [0.717, 1.165) is 30.0 Å². The van der Waals surface area contributed by atoms with Crippen LogP contribution >= 0.6 is 11.3 Å². The molecule has 0 spiro atoms. The summed E-state index contributed by atoms with van der Waals surface area (Å²) < 4.78 is 0. The summed E-state index contributed by atoms with van der Waals surface area (Å²) in [6.45, 7) is 3.92. The molecular weight excluding hydrogens is 236 g/mol. The highest BCUT2D eigenvalue weighted by Crippen LogP contribution is 2.26. The first-order valence-electron chi connectivity index (χ1n) is 5.97. The van der Waals surface area contributed by atoms with Crippen LogP contribution in [0.2, 0.25) is 0 Å². The number of nitrogens with zero attached hydrogens (tertiary/aromatic N) is 1.